The van der Waals surface area contributed by atoms with Crippen LogP contribution in [-0.4, -0.2) is 22.9 Å². The maximum absolute atomic E-state index is 6.32. The highest BCUT2D eigenvalue weighted by atomic mass is 16.7. The van der Waals surface area contributed by atoms with E-state index in [0.717, 1.165) is 12.0 Å². The van der Waals surface area contributed by atoms with Crippen molar-refractivity contribution in [3.8, 4) is 0 Å². The second-order valence-corrected chi connectivity index (χ2v) is 9.91. The number of nitrogens with zero attached hydrogens (tertiary/aromatic N) is 1. The van der Waals surface area contributed by atoms with Gasteiger partial charge in [0.25, 0.3) is 0 Å². The molecule has 0 saturated carbocycles. The number of para-hydroxylation sites is 1. The first-order chi connectivity index (χ1) is 14.3. The lowest BCUT2D eigenvalue weighted by Crippen LogP contribution is -2.41. The van der Waals surface area contributed by atoms with Crippen molar-refractivity contribution in [3.63, 3.8) is 0 Å². The van der Waals surface area contributed by atoms with Gasteiger partial charge in [-0.05, 0) is 57.6 Å². The molecule has 0 amide bonds. The van der Waals surface area contributed by atoms with Crippen LogP contribution in [0.3, 0.4) is 0 Å². The Morgan fingerprint density at radius 3 is 2.23 bits per heavy atom. The zero-order chi connectivity index (χ0) is 21.5. The summed E-state index contributed by atoms with van der Waals surface area (Å²) in [5.41, 5.74) is 3.09. The second-order valence-electron chi connectivity index (χ2n) is 9.91. The highest BCUT2D eigenvalue weighted by molar-refractivity contribution is 6.62. The molecule has 2 aromatic carbocycles. The Balaban J connectivity index is 1.76. The van der Waals surface area contributed by atoms with Gasteiger partial charge in [-0.1, -0.05) is 63.4 Å². The summed E-state index contributed by atoms with van der Waals surface area (Å²) in [5, 5.41) is 2.61. The Hall–Kier alpha value is -1.78. The zero-order valence-corrected chi connectivity index (χ0v) is 19.5. The van der Waals surface area contributed by atoms with E-state index in [1.807, 2.05) is 0 Å². The predicted molar refractivity (Wildman–Crippen MR) is 128 cm³/mol. The molecule has 4 rings (SSSR count). The molecule has 0 bridgehead atoms. The van der Waals surface area contributed by atoms with Gasteiger partial charge in [0.05, 0.1) is 11.2 Å². The third kappa shape index (κ3) is 3.69. The van der Waals surface area contributed by atoms with E-state index in [1.54, 1.807) is 0 Å². The Morgan fingerprint density at radius 1 is 0.900 bits per heavy atom. The Bertz CT molecular complexity index is 1020. The zero-order valence-electron chi connectivity index (χ0n) is 19.5. The monoisotopic (exact) mass is 405 g/mol. The van der Waals surface area contributed by atoms with Gasteiger partial charge in [-0.25, -0.2) is 0 Å². The predicted octanol–water partition coefficient (Wildman–Crippen LogP) is 6.31. The molecule has 1 saturated heterocycles. The van der Waals surface area contributed by atoms with Gasteiger partial charge in [0.1, 0.15) is 0 Å². The fraction of sp³-hybridized carbons (Fsp3) is 0.538. The van der Waals surface area contributed by atoms with Crippen molar-refractivity contribution in [2.75, 3.05) is 0 Å². The SMILES string of the molecule is CCCCC(CC)Cn1c2ccccc2c2cc(B3OC(C)(C)C(C)(C)O3)ccc21. The van der Waals surface area contributed by atoms with Crippen LogP contribution >= 0.6 is 0 Å². The lowest BCUT2D eigenvalue weighted by molar-refractivity contribution is 0.00578. The van der Waals surface area contributed by atoms with Gasteiger partial charge in [-0.2, -0.15) is 0 Å². The first kappa shape index (κ1) is 21.5. The molecule has 0 spiro atoms. The van der Waals surface area contributed by atoms with Gasteiger partial charge in [0, 0.05) is 28.4 Å². The summed E-state index contributed by atoms with van der Waals surface area (Å²) in [7, 11) is -0.325. The molecule has 1 fully saturated rings. The Kier molecular flexibility index (Phi) is 5.76. The molecule has 30 heavy (non-hydrogen) atoms. The summed E-state index contributed by atoms with van der Waals surface area (Å²) in [5.74, 6) is 0.715. The third-order valence-electron chi connectivity index (χ3n) is 7.31. The van der Waals surface area contributed by atoms with Crippen LogP contribution in [0.5, 0.6) is 0 Å². The molecule has 1 atom stereocenters. The van der Waals surface area contributed by atoms with E-state index in [4.69, 9.17) is 9.31 Å². The fourth-order valence-electron chi connectivity index (χ4n) is 4.57. The average Bonchev–Trinajstić information content (AvgIpc) is 3.14. The van der Waals surface area contributed by atoms with Gasteiger partial charge >= 0.3 is 7.12 Å². The molecule has 3 aromatic rings. The minimum atomic E-state index is -0.325. The minimum Gasteiger partial charge on any atom is -0.399 e. The second kappa shape index (κ2) is 8.05. The molecule has 1 aliphatic rings. The van der Waals surface area contributed by atoms with E-state index in [-0.39, 0.29) is 18.3 Å². The van der Waals surface area contributed by atoms with Gasteiger partial charge < -0.3 is 13.9 Å². The van der Waals surface area contributed by atoms with Crippen molar-refractivity contribution in [2.45, 2.75) is 85.0 Å². The fourth-order valence-corrected chi connectivity index (χ4v) is 4.57. The lowest BCUT2D eigenvalue weighted by atomic mass is 9.78. The van der Waals surface area contributed by atoms with Crippen LogP contribution in [0.1, 0.15) is 67.2 Å². The Labute approximate surface area is 181 Å². The molecule has 1 aromatic heterocycles. The number of rotatable bonds is 7. The standard InChI is InChI=1S/C26H36BNO2/c1-7-9-12-19(8-2)18-28-23-14-11-10-13-21(23)22-17-20(15-16-24(22)28)27-29-25(3,4)26(5,6)30-27/h10-11,13-17,19H,7-9,12,18H2,1-6H3. The van der Waals surface area contributed by atoms with Crippen LogP contribution in [-0.2, 0) is 15.9 Å². The molecular weight excluding hydrogens is 369 g/mol. The summed E-state index contributed by atoms with van der Waals surface area (Å²) in [6.45, 7) is 14.1. The number of unbranched alkanes of at least 4 members (excludes halogenated alkanes) is 1. The maximum atomic E-state index is 6.32. The van der Waals surface area contributed by atoms with Crippen molar-refractivity contribution >= 4 is 34.4 Å². The van der Waals surface area contributed by atoms with Crippen LogP contribution in [0.25, 0.3) is 21.8 Å². The van der Waals surface area contributed by atoms with Crippen molar-refractivity contribution in [1.82, 2.24) is 4.57 Å². The largest absolute Gasteiger partial charge is 0.494 e. The quantitative estimate of drug-likeness (QED) is 0.430. The Morgan fingerprint density at radius 2 is 1.57 bits per heavy atom. The van der Waals surface area contributed by atoms with Crippen molar-refractivity contribution in [2.24, 2.45) is 5.92 Å². The highest BCUT2D eigenvalue weighted by Gasteiger charge is 2.51. The number of aromatic nitrogens is 1. The smallest absolute Gasteiger partial charge is 0.399 e. The van der Waals surface area contributed by atoms with Gasteiger partial charge in [0.2, 0.25) is 0 Å². The summed E-state index contributed by atoms with van der Waals surface area (Å²) < 4.78 is 15.2. The van der Waals surface area contributed by atoms with Crippen LogP contribution in [0.2, 0.25) is 0 Å². The van der Waals surface area contributed by atoms with Gasteiger partial charge in [-0.15, -0.1) is 0 Å². The number of fused-ring (bicyclic) bond motifs is 3. The molecule has 160 valence electrons. The minimum absolute atomic E-state index is 0.325. The van der Waals surface area contributed by atoms with E-state index in [0.29, 0.717) is 5.92 Å². The molecule has 3 nitrogen and oxygen atoms in total. The first-order valence-corrected chi connectivity index (χ1v) is 11.6. The van der Waals surface area contributed by atoms with Gasteiger partial charge in [0.15, 0.2) is 0 Å². The molecule has 4 heteroatoms. The van der Waals surface area contributed by atoms with Crippen LogP contribution in [0.4, 0.5) is 0 Å². The van der Waals surface area contributed by atoms with E-state index in [1.165, 1.54) is 47.5 Å². The molecule has 0 aliphatic carbocycles. The molecule has 1 aliphatic heterocycles. The van der Waals surface area contributed by atoms with Gasteiger partial charge in [-0.3, -0.25) is 0 Å². The summed E-state index contributed by atoms with van der Waals surface area (Å²) in [6, 6.07) is 15.5. The van der Waals surface area contributed by atoms with Crippen LogP contribution < -0.4 is 5.46 Å². The molecule has 1 unspecified atom stereocenters. The third-order valence-corrected chi connectivity index (χ3v) is 7.31. The highest BCUT2D eigenvalue weighted by Crippen LogP contribution is 2.37. The maximum Gasteiger partial charge on any atom is 0.494 e. The summed E-state index contributed by atoms with van der Waals surface area (Å²) >= 11 is 0. The summed E-state index contributed by atoms with van der Waals surface area (Å²) in [4.78, 5) is 0. The van der Waals surface area contributed by atoms with E-state index in [9.17, 15) is 0 Å². The number of benzene rings is 2. The number of hydrogen-bond acceptors (Lipinski definition) is 2. The topological polar surface area (TPSA) is 23.4 Å². The molecule has 0 N–H and O–H groups in total. The van der Waals surface area contributed by atoms with Crippen LogP contribution in [0, 0.1) is 5.92 Å². The molecule has 2 heterocycles. The van der Waals surface area contributed by atoms with E-state index < -0.39 is 0 Å². The van der Waals surface area contributed by atoms with E-state index >= 15 is 0 Å². The van der Waals surface area contributed by atoms with E-state index in [2.05, 4.69) is 88.6 Å². The van der Waals surface area contributed by atoms with Crippen molar-refractivity contribution in [1.29, 1.82) is 0 Å². The molecule has 0 radical (unpaired) electrons. The normalized spacial score (nSPS) is 19.1. The van der Waals surface area contributed by atoms with Crippen LogP contribution in [0.15, 0.2) is 42.5 Å². The average molecular weight is 405 g/mol. The van der Waals surface area contributed by atoms with Crippen molar-refractivity contribution < 1.29 is 9.31 Å². The number of hydrogen-bond donors (Lipinski definition) is 0. The first-order valence-electron chi connectivity index (χ1n) is 11.6. The lowest BCUT2D eigenvalue weighted by Gasteiger charge is -2.32. The van der Waals surface area contributed by atoms with Crippen molar-refractivity contribution in [3.05, 3.63) is 42.5 Å². The summed E-state index contributed by atoms with van der Waals surface area (Å²) in [6.07, 6.45) is 5.09. The molecular formula is C26H36BNO2.